The molecule has 4 heterocycles. The second-order valence-electron chi connectivity index (χ2n) is 11.7. The van der Waals surface area contributed by atoms with Gasteiger partial charge in [-0.25, -0.2) is 23.4 Å². The lowest BCUT2D eigenvalue weighted by atomic mass is 9.66. The van der Waals surface area contributed by atoms with Crippen LogP contribution in [0, 0.1) is 23.0 Å². The molecule has 200 valence electrons. The van der Waals surface area contributed by atoms with Crippen molar-refractivity contribution in [1.82, 2.24) is 29.9 Å². The molecule has 0 spiro atoms. The van der Waals surface area contributed by atoms with Crippen LogP contribution in [-0.4, -0.2) is 51.5 Å². The number of fused-ring (bicyclic) bond motifs is 5. The number of hydrogen-bond acceptors (Lipinski definition) is 6. The Morgan fingerprint density at radius 1 is 1.10 bits per heavy atom. The van der Waals surface area contributed by atoms with E-state index in [4.69, 9.17) is 4.98 Å². The van der Waals surface area contributed by atoms with Crippen LogP contribution in [0.5, 0.6) is 0 Å². The molecular weight excluding hydrogens is 518 g/mol. The molecule has 3 aliphatic rings. The minimum absolute atomic E-state index is 0.149. The molecule has 4 aromatic rings. The third kappa shape index (κ3) is 3.53. The molecular formula is C29H28F2N6OS. The summed E-state index contributed by atoms with van der Waals surface area (Å²) in [7, 11) is -1.90. The molecule has 2 fully saturated rings. The largest absolute Gasteiger partial charge is 0.268 e. The second kappa shape index (κ2) is 8.24. The van der Waals surface area contributed by atoms with Gasteiger partial charge >= 0.3 is 0 Å². The van der Waals surface area contributed by atoms with Gasteiger partial charge in [-0.15, -0.1) is 10.2 Å². The smallest absolute Gasteiger partial charge is 0.155 e. The highest BCUT2D eigenvalue weighted by Gasteiger charge is 2.65. The van der Waals surface area contributed by atoms with Crippen LogP contribution in [0.1, 0.15) is 55.4 Å². The number of hydrogen-bond donors (Lipinski definition) is 0. The summed E-state index contributed by atoms with van der Waals surface area (Å²) in [6, 6.07) is 11.5. The van der Waals surface area contributed by atoms with E-state index in [9.17, 15) is 13.0 Å². The molecule has 3 aromatic heterocycles. The SMILES string of the molecule is C=S1(=O)CC(Cc2ncn(-c3cccc([C@@]45CC[C@@H](c6cc(-c7c(F)cccc7F)nnc64)C5(C)C)n3)n2)C1. The maximum absolute atomic E-state index is 14.6. The number of pyridine rings is 1. The summed E-state index contributed by atoms with van der Waals surface area (Å²) in [6.07, 6.45) is 4.11. The van der Waals surface area contributed by atoms with E-state index in [2.05, 4.69) is 40.0 Å². The zero-order chi connectivity index (χ0) is 27.2. The molecule has 0 amide bonds. The summed E-state index contributed by atoms with van der Waals surface area (Å²) in [5.41, 5.74) is 2.02. The summed E-state index contributed by atoms with van der Waals surface area (Å²) >= 11 is 0. The van der Waals surface area contributed by atoms with Gasteiger partial charge in [0, 0.05) is 17.9 Å². The van der Waals surface area contributed by atoms with Crippen molar-refractivity contribution >= 4 is 15.4 Å². The Labute approximate surface area is 225 Å². The van der Waals surface area contributed by atoms with Gasteiger partial charge in [-0.05, 0) is 81.4 Å². The van der Waals surface area contributed by atoms with Crippen LogP contribution in [0.4, 0.5) is 8.78 Å². The first-order valence-corrected chi connectivity index (χ1v) is 15.2. The number of benzene rings is 1. The molecule has 2 aliphatic carbocycles. The topological polar surface area (TPSA) is 86.5 Å². The minimum atomic E-state index is -1.90. The molecule has 39 heavy (non-hydrogen) atoms. The molecule has 2 atom stereocenters. The molecule has 1 aliphatic heterocycles. The van der Waals surface area contributed by atoms with Gasteiger partial charge < -0.3 is 0 Å². The average Bonchev–Trinajstić information content (AvgIpc) is 3.50. The van der Waals surface area contributed by atoms with Crippen molar-refractivity contribution in [2.45, 2.75) is 44.4 Å². The molecule has 1 saturated heterocycles. The quantitative estimate of drug-likeness (QED) is 0.343. The highest BCUT2D eigenvalue weighted by Crippen LogP contribution is 2.69. The molecule has 7 rings (SSSR count). The summed E-state index contributed by atoms with van der Waals surface area (Å²) in [5, 5.41) is 13.6. The summed E-state index contributed by atoms with van der Waals surface area (Å²) in [6.45, 7) is 4.44. The van der Waals surface area contributed by atoms with E-state index in [1.165, 1.54) is 18.2 Å². The molecule has 2 bridgehead atoms. The maximum atomic E-state index is 14.6. The van der Waals surface area contributed by atoms with Gasteiger partial charge in [0.1, 0.15) is 18.0 Å². The Morgan fingerprint density at radius 2 is 1.85 bits per heavy atom. The van der Waals surface area contributed by atoms with Gasteiger partial charge in [-0.2, -0.15) is 5.10 Å². The predicted molar refractivity (Wildman–Crippen MR) is 145 cm³/mol. The maximum Gasteiger partial charge on any atom is 0.155 e. The van der Waals surface area contributed by atoms with Gasteiger partial charge in [-0.3, -0.25) is 4.21 Å². The lowest BCUT2D eigenvalue weighted by molar-refractivity contribution is 0.242. The monoisotopic (exact) mass is 546 g/mol. The Morgan fingerprint density at radius 3 is 2.59 bits per heavy atom. The predicted octanol–water partition coefficient (Wildman–Crippen LogP) is 4.49. The first kappa shape index (κ1) is 24.5. The normalized spacial score (nSPS) is 28.3. The number of nitrogens with zero attached hydrogens (tertiary/aromatic N) is 6. The minimum Gasteiger partial charge on any atom is -0.268 e. The summed E-state index contributed by atoms with van der Waals surface area (Å²) in [5.74, 6) is 5.53. The van der Waals surface area contributed by atoms with Crippen molar-refractivity contribution in [2.75, 3.05) is 11.5 Å². The molecule has 0 N–H and O–H groups in total. The number of aromatic nitrogens is 6. The van der Waals surface area contributed by atoms with E-state index < -0.39 is 26.6 Å². The third-order valence-electron chi connectivity index (χ3n) is 9.10. The highest BCUT2D eigenvalue weighted by molar-refractivity contribution is 8.01. The standard InChI is InChI=1S/C29H28F2N6OS/c1-28(2)19-10-11-29(28,27-18(19)13-22(34-35-27)26-20(30)6-4-7-21(26)31)23-8-5-9-25(33-23)37-16-32-24(36-37)12-17-14-39(3,38)15-17/h4-9,13,16-17,19H,3,10-12,14-15H2,1-2H3/t17?,19-,29-,39?/m0/s1. The Hall–Kier alpha value is -3.53. The van der Waals surface area contributed by atoms with Crippen molar-refractivity contribution in [1.29, 1.82) is 0 Å². The average molecular weight is 547 g/mol. The van der Waals surface area contributed by atoms with Crippen LogP contribution in [0.15, 0.2) is 48.8 Å². The van der Waals surface area contributed by atoms with Gasteiger partial charge in [0.2, 0.25) is 0 Å². The molecule has 10 heteroatoms. The van der Waals surface area contributed by atoms with E-state index in [1.807, 2.05) is 24.3 Å². The fourth-order valence-corrected chi connectivity index (χ4v) is 9.09. The lowest BCUT2D eigenvalue weighted by Crippen LogP contribution is -2.38. The van der Waals surface area contributed by atoms with Crippen LogP contribution in [0.25, 0.3) is 17.1 Å². The second-order valence-corrected chi connectivity index (χ2v) is 14.3. The Bertz CT molecular complexity index is 1720. The zero-order valence-corrected chi connectivity index (χ0v) is 22.6. The van der Waals surface area contributed by atoms with E-state index >= 15 is 0 Å². The highest BCUT2D eigenvalue weighted by atomic mass is 32.2. The zero-order valence-electron chi connectivity index (χ0n) is 21.8. The Kier molecular flexibility index (Phi) is 5.18. The summed E-state index contributed by atoms with van der Waals surface area (Å²) in [4.78, 5) is 9.53. The van der Waals surface area contributed by atoms with Crippen molar-refractivity contribution in [3.05, 3.63) is 83.2 Å². The number of halogens is 2. The molecule has 1 aromatic carbocycles. The fraction of sp³-hybridized carbons (Fsp3) is 0.379. The van der Waals surface area contributed by atoms with E-state index in [-0.39, 0.29) is 22.6 Å². The van der Waals surface area contributed by atoms with Gasteiger partial charge in [0.25, 0.3) is 0 Å². The lowest BCUT2D eigenvalue weighted by Gasteiger charge is -2.37. The fourth-order valence-electron chi connectivity index (χ4n) is 7.23. The molecule has 0 unspecified atom stereocenters. The van der Waals surface area contributed by atoms with Crippen molar-refractivity contribution in [3.8, 4) is 17.1 Å². The van der Waals surface area contributed by atoms with Gasteiger partial charge in [0.15, 0.2) is 11.6 Å². The van der Waals surface area contributed by atoms with Crippen molar-refractivity contribution in [2.24, 2.45) is 11.3 Å². The van der Waals surface area contributed by atoms with Crippen LogP contribution in [-0.2, 0) is 21.4 Å². The van der Waals surface area contributed by atoms with Gasteiger partial charge in [0.05, 0.1) is 28.1 Å². The van der Waals surface area contributed by atoms with E-state index in [0.717, 1.165) is 29.8 Å². The first-order chi connectivity index (χ1) is 18.6. The number of rotatable bonds is 5. The van der Waals surface area contributed by atoms with E-state index in [1.54, 1.807) is 11.0 Å². The molecule has 7 nitrogen and oxygen atoms in total. The molecule has 0 radical (unpaired) electrons. The van der Waals surface area contributed by atoms with Crippen LogP contribution < -0.4 is 0 Å². The van der Waals surface area contributed by atoms with Crippen LogP contribution in [0.3, 0.4) is 0 Å². The van der Waals surface area contributed by atoms with Crippen LogP contribution in [0.2, 0.25) is 0 Å². The third-order valence-corrected chi connectivity index (χ3v) is 11.3. The van der Waals surface area contributed by atoms with Crippen molar-refractivity contribution in [3.63, 3.8) is 0 Å². The Balaban J connectivity index is 1.26. The first-order valence-electron chi connectivity index (χ1n) is 13.1. The molecule has 1 saturated carbocycles. The van der Waals surface area contributed by atoms with Crippen molar-refractivity contribution < 1.29 is 13.0 Å². The van der Waals surface area contributed by atoms with Gasteiger partial charge in [-0.1, -0.05) is 26.0 Å². The van der Waals surface area contributed by atoms with Crippen LogP contribution >= 0.6 is 0 Å². The van der Waals surface area contributed by atoms with E-state index in [0.29, 0.717) is 35.5 Å². The summed E-state index contributed by atoms with van der Waals surface area (Å²) < 4.78 is 42.7.